The molecule has 2 fully saturated rings. The molecule has 1 saturated carbocycles. The molecule has 3 heteroatoms. The SMILES string of the molecule is CCCCCCC1CN(Cc2ccc(C3(C)CCC3)cc2)C(=O)O1. The second kappa shape index (κ2) is 7.58. The highest BCUT2D eigenvalue weighted by Gasteiger charge is 2.34. The van der Waals surface area contributed by atoms with Crippen molar-refractivity contribution in [1.82, 2.24) is 4.90 Å². The number of cyclic esters (lactones) is 1. The van der Waals surface area contributed by atoms with Crippen LogP contribution in [0.5, 0.6) is 0 Å². The fourth-order valence-corrected chi connectivity index (χ4v) is 3.88. The lowest BCUT2D eigenvalue weighted by Gasteiger charge is -2.39. The van der Waals surface area contributed by atoms with Gasteiger partial charge in [-0.25, -0.2) is 4.79 Å². The minimum Gasteiger partial charge on any atom is -0.444 e. The van der Waals surface area contributed by atoms with E-state index in [0.717, 1.165) is 19.4 Å². The van der Waals surface area contributed by atoms with Crippen LogP contribution in [0.25, 0.3) is 0 Å². The van der Waals surface area contributed by atoms with Gasteiger partial charge in [0.2, 0.25) is 0 Å². The lowest BCUT2D eigenvalue weighted by atomic mass is 9.66. The average Bonchev–Trinajstić information content (AvgIpc) is 2.90. The minimum atomic E-state index is -0.148. The number of benzene rings is 1. The highest BCUT2D eigenvalue weighted by Crippen LogP contribution is 2.43. The Bertz CT molecular complexity index is 547. The molecule has 0 N–H and O–H groups in total. The molecule has 3 nitrogen and oxygen atoms in total. The number of ether oxygens (including phenoxy) is 1. The van der Waals surface area contributed by atoms with Gasteiger partial charge in [-0.3, -0.25) is 0 Å². The monoisotopic (exact) mass is 329 g/mol. The molecular formula is C21H31NO2. The van der Waals surface area contributed by atoms with Gasteiger partial charge in [0.05, 0.1) is 6.54 Å². The van der Waals surface area contributed by atoms with Crippen LogP contribution in [0.15, 0.2) is 24.3 Å². The zero-order chi connectivity index (χ0) is 17.0. The van der Waals surface area contributed by atoms with Gasteiger partial charge in [0.25, 0.3) is 0 Å². The fourth-order valence-electron chi connectivity index (χ4n) is 3.88. The van der Waals surface area contributed by atoms with Crippen molar-refractivity contribution in [3.05, 3.63) is 35.4 Å². The van der Waals surface area contributed by atoms with Crippen molar-refractivity contribution < 1.29 is 9.53 Å². The van der Waals surface area contributed by atoms with Crippen LogP contribution in [-0.2, 0) is 16.7 Å². The highest BCUT2D eigenvalue weighted by molar-refractivity contribution is 5.69. The van der Waals surface area contributed by atoms with Crippen LogP contribution in [0.2, 0.25) is 0 Å². The molecule has 1 unspecified atom stereocenters. The minimum absolute atomic E-state index is 0.0857. The summed E-state index contributed by atoms with van der Waals surface area (Å²) < 4.78 is 5.52. The van der Waals surface area contributed by atoms with Crippen LogP contribution in [0.1, 0.15) is 76.3 Å². The molecular weight excluding hydrogens is 298 g/mol. The number of hydrogen-bond donors (Lipinski definition) is 0. The summed E-state index contributed by atoms with van der Waals surface area (Å²) in [5, 5.41) is 0. The van der Waals surface area contributed by atoms with Crippen LogP contribution in [0.4, 0.5) is 4.79 Å². The maximum Gasteiger partial charge on any atom is 0.410 e. The largest absolute Gasteiger partial charge is 0.444 e. The summed E-state index contributed by atoms with van der Waals surface area (Å²) in [4.78, 5) is 13.9. The third-order valence-electron chi connectivity index (χ3n) is 5.81. The first kappa shape index (κ1) is 17.3. The predicted octanol–water partition coefficient (Wildman–Crippen LogP) is 5.42. The lowest BCUT2D eigenvalue weighted by molar-refractivity contribution is 0.127. The van der Waals surface area contributed by atoms with Crippen LogP contribution in [0.3, 0.4) is 0 Å². The van der Waals surface area contributed by atoms with Crippen molar-refractivity contribution in [1.29, 1.82) is 0 Å². The van der Waals surface area contributed by atoms with Gasteiger partial charge < -0.3 is 9.64 Å². The summed E-state index contributed by atoms with van der Waals surface area (Å²) in [6, 6.07) is 8.86. The van der Waals surface area contributed by atoms with E-state index < -0.39 is 0 Å². The Labute approximate surface area is 146 Å². The quantitative estimate of drug-likeness (QED) is 0.596. The number of hydrogen-bond acceptors (Lipinski definition) is 2. The normalized spacial score (nSPS) is 22.3. The number of carbonyl (C=O) groups excluding carboxylic acids is 1. The molecule has 1 aliphatic carbocycles. The van der Waals surface area contributed by atoms with Gasteiger partial charge in [-0.1, -0.05) is 63.8 Å². The van der Waals surface area contributed by atoms with Gasteiger partial charge in [-0.05, 0) is 42.2 Å². The highest BCUT2D eigenvalue weighted by atomic mass is 16.6. The summed E-state index contributed by atoms with van der Waals surface area (Å²) in [7, 11) is 0. The number of unbranched alkanes of at least 4 members (excludes halogenated alkanes) is 3. The van der Waals surface area contributed by atoms with Crippen LogP contribution in [-0.4, -0.2) is 23.6 Å². The number of nitrogens with zero attached hydrogens (tertiary/aromatic N) is 1. The molecule has 1 amide bonds. The third kappa shape index (κ3) is 3.93. The van der Waals surface area contributed by atoms with E-state index in [4.69, 9.17) is 4.74 Å². The Balaban J connectivity index is 1.49. The zero-order valence-electron chi connectivity index (χ0n) is 15.2. The first-order valence-electron chi connectivity index (χ1n) is 9.66. The summed E-state index contributed by atoms with van der Waals surface area (Å²) in [5.41, 5.74) is 3.02. The maximum atomic E-state index is 12.1. The molecule has 3 rings (SSSR count). The van der Waals surface area contributed by atoms with Gasteiger partial charge in [-0.15, -0.1) is 0 Å². The second-order valence-electron chi connectivity index (χ2n) is 7.85. The third-order valence-corrected chi connectivity index (χ3v) is 5.81. The van der Waals surface area contributed by atoms with Crippen molar-refractivity contribution in [2.75, 3.05) is 6.54 Å². The van der Waals surface area contributed by atoms with Gasteiger partial charge >= 0.3 is 6.09 Å². The fraction of sp³-hybridized carbons (Fsp3) is 0.667. The standard InChI is InChI=1S/C21H31NO2/c1-3-4-5-6-8-19-16-22(20(23)24-19)15-17-9-11-18(12-10-17)21(2)13-7-14-21/h9-12,19H,3-8,13-16H2,1-2H3. The molecule has 1 aliphatic heterocycles. The molecule has 132 valence electrons. The predicted molar refractivity (Wildman–Crippen MR) is 97.1 cm³/mol. The molecule has 1 saturated heterocycles. The van der Waals surface area contributed by atoms with Gasteiger partial charge in [0, 0.05) is 6.54 Å². The second-order valence-corrected chi connectivity index (χ2v) is 7.85. The van der Waals surface area contributed by atoms with E-state index in [9.17, 15) is 4.79 Å². The van der Waals surface area contributed by atoms with Crippen molar-refractivity contribution >= 4 is 6.09 Å². The molecule has 0 radical (unpaired) electrons. The first-order chi connectivity index (χ1) is 11.6. The van der Waals surface area contributed by atoms with Crippen molar-refractivity contribution in [2.45, 2.75) is 83.3 Å². The molecule has 2 aliphatic rings. The smallest absolute Gasteiger partial charge is 0.410 e. The lowest BCUT2D eigenvalue weighted by Crippen LogP contribution is -2.30. The van der Waals surface area contributed by atoms with Crippen molar-refractivity contribution in [2.24, 2.45) is 0 Å². The van der Waals surface area contributed by atoms with E-state index >= 15 is 0 Å². The Morgan fingerprint density at radius 2 is 1.92 bits per heavy atom. The molecule has 0 bridgehead atoms. The molecule has 1 atom stereocenters. The Morgan fingerprint density at radius 3 is 2.54 bits per heavy atom. The molecule has 1 aromatic rings. The molecule has 24 heavy (non-hydrogen) atoms. The Hall–Kier alpha value is -1.51. The van der Waals surface area contributed by atoms with E-state index in [1.807, 2.05) is 4.90 Å². The van der Waals surface area contributed by atoms with E-state index in [0.29, 0.717) is 12.0 Å². The van der Waals surface area contributed by atoms with E-state index in [-0.39, 0.29) is 12.2 Å². The van der Waals surface area contributed by atoms with E-state index in [1.165, 1.54) is 49.7 Å². The summed E-state index contributed by atoms with van der Waals surface area (Å²) >= 11 is 0. The number of rotatable bonds is 8. The van der Waals surface area contributed by atoms with Gasteiger partial charge in [0.1, 0.15) is 6.10 Å². The average molecular weight is 329 g/mol. The molecule has 1 aromatic carbocycles. The summed E-state index contributed by atoms with van der Waals surface area (Å²) in [5.74, 6) is 0. The molecule has 0 aromatic heterocycles. The maximum absolute atomic E-state index is 12.1. The van der Waals surface area contributed by atoms with Gasteiger partial charge in [-0.2, -0.15) is 0 Å². The van der Waals surface area contributed by atoms with Crippen LogP contribution >= 0.6 is 0 Å². The van der Waals surface area contributed by atoms with E-state index in [2.05, 4.69) is 38.1 Å². The van der Waals surface area contributed by atoms with E-state index in [1.54, 1.807) is 0 Å². The number of carbonyl (C=O) groups is 1. The van der Waals surface area contributed by atoms with Crippen LogP contribution in [0, 0.1) is 0 Å². The Kier molecular flexibility index (Phi) is 5.47. The van der Waals surface area contributed by atoms with Crippen molar-refractivity contribution in [3.63, 3.8) is 0 Å². The molecule has 1 heterocycles. The zero-order valence-corrected chi connectivity index (χ0v) is 15.2. The Morgan fingerprint density at radius 1 is 1.17 bits per heavy atom. The first-order valence-corrected chi connectivity index (χ1v) is 9.66. The number of amides is 1. The van der Waals surface area contributed by atoms with Crippen molar-refractivity contribution in [3.8, 4) is 0 Å². The summed E-state index contributed by atoms with van der Waals surface area (Å²) in [6.45, 7) is 5.98. The summed E-state index contributed by atoms with van der Waals surface area (Å²) in [6.07, 6.45) is 9.79. The molecule has 0 spiro atoms. The topological polar surface area (TPSA) is 29.5 Å². The van der Waals surface area contributed by atoms with Crippen LogP contribution < -0.4 is 0 Å². The van der Waals surface area contributed by atoms with Gasteiger partial charge in [0.15, 0.2) is 0 Å².